The standard InChI is InChI=1S/C18H16BrFO/c19-15-10-6-9-14(16(15)20)17(21)18(11-4-5-12-18)13-7-2-1-3-8-13/h1-3,6-10H,4-5,11-12H2. The van der Waals surface area contributed by atoms with E-state index < -0.39 is 11.2 Å². The van der Waals surface area contributed by atoms with Crippen molar-refractivity contribution < 1.29 is 9.18 Å². The third-order valence-corrected chi connectivity index (χ3v) is 5.03. The van der Waals surface area contributed by atoms with Crippen LogP contribution in [0.1, 0.15) is 41.6 Å². The van der Waals surface area contributed by atoms with E-state index in [1.807, 2.05) is 30.3 Å². The Morgan fingerprint density at radius 1 is 1.00 bits per heavy atom. The minimum Gasteiger partial charge on any atom is -0.293 e. The van der Waals surface area contributed by atoms with Gasteiger partial charge in [0, 0.05) is 0 Å². The van der Waals surface area contributed by atoms with Gasteiger partial charge in [-0.1, -0.05) is 49.2 Å². The van der Waals surface area contributed by atoms with Crippen molar-refractivity contribution in [1.82, 2.24) is 0 Å². The van der Waals surface area contributed by atoms with Crippen LogP contribution >= 0.6 is 15.9 Å². The number of hydrogen-bond donors (Lipinski definition) is 0. The van der Waals surface area contributed by atoms with Crippen LogP contribution in [0.2, 0.25) is 0 Å². The molecule has 0 amide bonds. The largest absolute Gasteiger partial charge is 0.293 e. The van der Waals surface area contributed by atoms with Gasteiger partial charge in [0.1, 0.15) is 5.82 Å². The summed E-state index contributed by atoms with van der Waals surface area (Å²) in [6, 6.07) is 14.7. The van der Waals surface area contributed by atoms with Crippen LogP contribution in [0.5, 0.6) is 0 Å². The lowest BCUT2D eigenvalue weighted by Crippen LogP contribution is -2.33. The summed E-state index contributed by atoms with van der Waals surface area (Å²) in [5.74, 6) is -0.547. The molecule has 0 saturated heterocycles. The van der Waals surface area contributed by atoms with Crippen LogP contribution in [-0.2, 0) is 5.41 Å². The van der Waals surface area contributed by atoms with Gasteiger partial charge in [-0.25, -0.2) is 4.39 Å². The second-order valence-corrected chi connectivity index (χ2v) is 6.44. The minimum absolute atomic E-state index is 0.0926. The Balaban J connectivity index is 2.10. The molecule has 108 valence electrons. The van der Waals surface area contributed by atoms with Crippen LogP contribution in [0.25, 0.3) is 0 Å². The van der Waals surface area contributed by atoms with Gasteiger partial charge in [0.15, 0.2) is 5.78 Å². The molecule has 0 aliphatic heterocycles. The fourth-order valence-corrected chi connectivity index (χ4v) is 3.69. The van der Waals surface area contributed by atoms with Crippen molar-refractivity contribution in [2.45, 2.75) is 31.1 Å². The van der Waals surface area contributed by atoms with Crippen molar-refractivity contribution in [3.8, 4) is 0 Å². The first kappa shape index (κ1) is 14.5. The molecule has 0 bridgehead atoms. The Labute approximate surface area is 132 Å². The minimum atomic E-state index is -0.567. The molecule has 21 heavy (non-hydrogen) atoms. The summed E-state index contributed by atoms with van der Waals surface area (Å²) in [7, 11) is 0. The van der Waals surface area contributed by atoms with Crippen LogP contribution in [-0.4, -0.2) is 5.78 Å². The summed E-state index contributed by atoms with van der Waals surface area (Å²) in [5, 5.41) is 0. The number of hydrogen-bond acceptors (Lipinski definition) is 1. The molecule has 0 radical (unpaired) electrons. The highest BCUT2D eigenvalue weighted by Crippen LogP contribution is 2.44. The number of ketones is 1. The Kier molecular flexibility index (Phi) is 3.94. The number of halogens is 2. The number of carbonyl (C=O) groups is 1. The van der Waals surface area contributed by atoms with E-state index in [0.717, 1.165) is 31.2 Å². The van der Waals surface area contributed by atoms with E-state index >= 15 is 0 Å². The van der Waals surface area contributed by atoms with Crippen LogP contribution in [0, 0.1) is 5.82 Å². The predicted molar refractivity (Wildman–Crippen MR) is 85.0 cm³/mol. The molecule has 1 aliphatic carbocycles. The summed E-state index contributed by atoms with van der Waals surface area (Å²) in [4.78, 5) is 13.1. The average molecular weight is 347 g/mol. The maximum atomic E-state index is 14.3. The molecule has 3 heteroatoms. The second-order valence-electron chi connectivity index (χ2n) is 5.59. The molecular weight excluding hydrogens is 331 g/mol. The van der Waals surface area contributed by atoms with Crippen molar-refractivity contribution in [3.05, 3.63) is 69.9 Å². The van der Waals surface area contributed by atoms with Gasteiger partial charge < -0.3 is 0 Å². The maximum Gasteiger partial charge on any atom is 0.176 e. The Hall–Kier alpha value is -1.48. The summed E-state index contributed by atoms with van der Waals surface area (Å²) in [5.41, 5.74) is 0.630. The van der Waals surface area contributed by atoms with E-state index in [1.54, 1.807) is 18.2 Å². The zero-order valence-corrected chi connectivity index (χ0v) is 13.2. The third kappa shape index (κ3) is 2.44. The second kappa shape index (κ2) is 5.72. The first-order valence-corrected chi connectivity index (χ1v) is 7.99. The zero-order valence-electron chi connectivity index (χ0n) is 11.6. The summed E-state index contributed by atoms with van der Waals surface area (Å²) < 4.78 is 14.7. The van der Waals surface area contributed by atoms with Gasteiger partial charge >= 0.3 is 0 Å². The molecule has 1 nitrogen and oxygen atoms in total. The highest BCUT2D eigenvalue weighted by atomic mass is 79.9. The Morgan fingerprint density at radius 3 is 2.33 bits per heavy atom. The first-order chi connectivity index (χ1) is 10.1. The SMILES string of the molecule is O=C(c1cccc(Br)c1F)C1(c2ccccc2)CCCC1. The molecule has 3 rings (SSSR count). The molecule has 1 fully saturated rings. The van der Waals surface area contributed by atoms with Gasteiger partial charge in [0.25, 0.3) is 0 Å². The first-order valence-electron chi connectivity index (χ1n) is 7.19. The van der Waals surface area contributed by atoms with Gasteiger partial charge in [-0.2, -0.15) is 0 Å². The quantitative estimate of drug-likeness (QED) is 0.690. The monoisotopic (exact) mass is 346 g/mol. The zero-order chi connectivity index (χ0) is 14.9. The number of carbonyl (C=O) groups excluding carboxylic acids is 1. The van der Waals surface area contributed by atoms with Crippen molar-refractivity contribution in [3.63, 3.8) is 0 Å². The highest BCUT2D eigenvalue weighted by molar-refractivity contribution is 9.10. The Morgan fingerprint density at radius 2 is 1.67 bits per heavy atom. The third-order valence-electron chi connectivity index (χ3n) is 4.41. The topological polar surface area (TPSA) is 17.1 Å². The lowest BCUT2D eigenvalue weighted by molar-refractivity contribution is 0.0881. The molecule has 2 aromatic carbocycles. The lowest BCUT2D eigenvalue weighted by Gasteiger charge is -2.28. The molecule has 0 spiro atoms. The summed E-state index contributed by atoms with van der Waals surface area (Å²) >= 11 is 3.17. The van der Waals surface area contributed by atoms with Crippen molar-refractivity contribution in [2.24, 2.45) is 0 Å². The molecule has 0 atom stereocenters. The van der Waals surface area contributed by atoms with Crippen LogP contribution < -0.4 is 0 Å². The predicted octanol–water partition coefficient (Wildman–Crippen LogP) is 5.28. The summed E-state index contributed by atoms with van der Waals surface area (Å²) in [6.07, 6.45) is 3.61. The molecule has 1 saturated carbocycles. The summed E-state index contributed by atoms with van der Waals surface area (Å²) in [6.45, 7) is 0. The fourth-order valence-electron chi connectivity index (χ4n) is 3.32. The van der Waals surface area contributed by atoms with Crippen LogP contribution in [0.3, 0.4) is 0 Å². The molecule has 0 heterocycles. The molecule has 1 aliphatic rings. The van der Waals surface area contributed by atoms with Gasteiger partial charge in [0.2, 0.25) is 0 Å². The molecule has 0 aromatic heterocycles. The Bertz CT molecular complexity index is 660. The lowest BCUT2D eigenvalue weighted by atomic mass is 9.73. The van der Waals surface area contributed by atoms with E-state index in [1.165, 1.54) is 0 Å². The van der Waals surface area contributed by atoms with Gasteiger partial charge in [0.05, 0.1) is 15.5 Å². The highest BCUT2D eigenvalue weighted by Gasteiger charge is 2.43. The van der Waals surface area contributed by atoms with Gasteiger partial charge in [-0.15, -0.1) is 0 Å². The smallest absolute Gasteiger partial charge is 0.176 e. The van der Waals surface area contributed by atoms with E-state index in [9.17, 15) is 9.18 Å². The average Bonchev–Trinajstić information content (AvgIpc) is 3.01. The van der Waals surface area contributed by atoms with E-state index in [2.05, 4.69) is 15.9 Å². The normalized spacial score (nSPS) is 16.9. The number of benzene rings is 2. The van der Waals surface area contributed by atoms with Crippen LogP contribution in [0.15, 0.2) is 53.0 Å². The van der Waals surface area contributed by atoms with Gasteiger partial charge in [-0.3, -0.25) is 4.79 Å². The van der Waals surface area contributed by atoms with Crippen LogP contribution in [0.4, 0.5) is 4.39 Å². The van der Waals surface area contributed by atoms with Crippen molar-refractivity contribution in [2.75, 3.05) is 0 Å². The number of rotatable bonds is 3. The van der Waals surface area contributed by atoms with E-state index in [4.69, 9.17) is 0 Å². The molecule has 0 unspecified atom stereocenters. The van der Waals surface area contributed by atoms with Gasteiger partial charge in [-0.05, 0) is 46.5 Å². The molecule has 2 aromatic rings. The van der Waals surface area contributed by atoms with E-state index in [-0.39, 0.29) is 11.3 Å². The van der Waals surface area contributed by atoms with Crippen molar-refractivity contribution >= 4 is 21.7 Å². The maximum absolute atomic E-state index is 14.3. The van der Waals surface area contributed by atoms with Crippen molar-refractivity contribution in [1.29, 1.82) is 0 Å². The number of Topliss-reactive ketones (excluding diaryl/α,β-unsaturated/α-hetero) is 1. The van der Waals surface area contributed by atoms with E-state index in [0.29, 0.717) is 4.47 Å². The fraction of sp³-hybridized carbons (Fsp3) is 0.278. The molecule has 0 N–H and O–H groups in total. The molecular formula is C18H16BrFO.